The van der Waals surface area contributed by atoms with E-state index in [1.165, 1.54) is 24.4 Å². The van der Waals surface area contributed by atoms with Crippen LogP contribution in [0.3, 0.4) is 0 Å². The fourth-order valence-electron chi connectivity index (χ4n) is 1.90. The van der Waals surface area contributed by atoms with Gasteiger partial charge in [0, 0.05) is 0 Å². The Hall–Kier alpha value is -2.17. The van der Waals surface area contributed by atoms with Crippen LogP contribution in [0.25, 0.3) is 0 Å². The van der Waals surface area contributed by atoms with Crippen LogP contribution in [-0.4, -0.2) is 22.4 Å². The van der Waals surface area contributed by atoms with E-state index in [2.05, 4.69) is 11.6 Å². The van der Waals surface area contributed by atoms with Crippen LogP contribution in [0, 0.1) is 0 Å². The van der Waals surface area contributed by atoms with E-state index in [-0.39, 0.29) is 11.9 Å². The van der Waals surface area contributed by atoms with E-state index in [9.17, 15) is 9.18 Å². The number of nitrogens with zero attached hydrogens (tertiary/aromatic N) is 2. The number of hydrogen-bond donors (Lipinski definition) is 0. The molecule has 0 aliphatic carbocycles. The van der Waals surface area contributed by atoms with Crippen LogP contribution in [0.1, 0.15) is 37.3 Å². The molecule has 0 fully saturated rings. The highest BCUT2D eigenvalue weighted by molar-refractivity contribution is 5.72. The van der Waals surface area contributed by atoms with Crippen molar-refractivity contribution >= 4 is 6.29 Å². The third-order valence-electron chi connectivity index (χ3n) is 2.76. The molecule has 1 unspecified atom stereocenters. The standard InChI is InChI=1S/C13H13FN2O2.C2H6/c1-3-4-10(14)5-9(2)12-8-18-13-15-6-11(7-17)16(12)13;1-2/h3-7,12H,1,8H2,2H3;1-2H3/b9-5+,10-4+;. The van der Waals surface area contributed by atoms with Crippen molar-refractivity contribution in [2.45, 2.75) is 26.8 Å². The predicted octanol–water partition coefficient (Wildman–Crippen LogP) is 3.64. The molecule has 5 heteroatoms. The van der Waals surface area contributed by atoms with Gasteiger partial charge in [-0.05, 0) is 24.6 Å². The molecule has 0 bridgehead atoms. The third kappa shape index (κ3) is 3.23. The molecule has 0 saturated heterocycles. The van der Waals surface area contributed by atoms with E-state index in [0.29, 0.717) is 24.6 Å². The van der Waals surface area contributed by atoms with Crippen LogP contribution >= 0.6 is 0 Å². The van der Waals surface area contributed by atoms with E-state index in [1.54, 1.807) is 11.5 Å². The number of aromatic nitrogens is 2. The van der Waals surface area contributed by atoms with Crippen molar-refractivity contribution in [2.24, 2.45) is 0 Å². The Balaban J connectivity index is 0.000000956. The first kappa shape index (κ1) is 15.9. The fraction of sp³-hybridized carbons (Fsp3) is 0.333. The van der Waals surface area contributed by atoms with Gasteiger partial charge in [0.1, 0.15) is 18.1 Å². The third-order valence-corrected chi connectivity index (χ3v) is 2.76. The summed E-state index contributed by atoms with van der Waals surface area (Å²) < 4.78 is 20.4. The first-order valence-electron chi connectivity index (χ1n) is 6.49. The summed E-state index contributed by atoms with van der Waals surface area (Å²) in [5.41, 5.74) is 1.18. The van der Waals surface area contributed by atoms with Gasteiger partial charge in [0.2, 0.25) is 0 Å². The quantitative estimate of drug-likeness (QED) is 0.624. The lowest BCUT2D eigenvalue weighted by Gasteiger charge is -2.11. The van der Waals surface area contributed by atoms with E-state index in [1.807, 2.05) is 13.8 Å². The van der Waals surface area contributed by atoms with Crippen molar-refractivity contribution in [1.29, 1.82) is 0 Å². The fourth-order valence-corrected chi connectivity index (χ4v) is 1.90. The Kier molecular flexibility index (Phi) is 5.90. The normalized spacial score (nSPS) is 17.7. The molecule has 108 valence electrons. The number of fused-ring (bicyclic) bond motifs is 1. The minimum Gasteiger partial charge on any atom is -0.462 e. The Morgan fingerprint density at radius 1 is 1.60 bits per heavy atom. The molecular weight excluding hydrogens is 259 g/mol. The SMILES string of the molecule is C=C/C=C(F)\C=C(/C)C1COc2ncc(C=O)n21.CC. The van der Waals surface area contributed by atoms with Gasteiger partial charge in [0.15, 0.2) is 6.29 Å². The summed E-state index contributed by atoms with van der Waals surface area (Å²) in [6.45, 7) is 9.57. The molecular formula is C15H19FN2O2. The first-order valence-corrected chi connectivity index (χ1v) is 6.49. The lowest BCUT2D eigenvalue weighted by Crippen LogP contribution is -2.11. The van der Waals surface area contributed by atoms with Crippen LogP contribution in [0.2, 0.25) is 0 Å². The Morgan fingerprint density at radius 3 is 2.90 bits per heavy atom. The van der Waals surface area contributed by atoms with Gasteiger partial charge in [0.05, 0.1) is 12.2 Å². The molecule has 0 spiro atoms. The molecule has 20 heavy (non-hydrogen) atoms. The summed E-state index contributed by atoms with van der Waals surface area (Å²) in [4.78, 5) is 14.9. The first-order chi connectivity index (χ1) is 9.67. The zero-order chi connectivity index (χ0) is 15.1. The molecule has 0 N–H and O–H groups in total. The minimum absolute atomic E-state index is 0.202. The molecule has 1 aromatic rings. The van der Waals surface area contributed by atoms with E-state index >= 15 is 0 Å². The summed E-state index contributed by atoms with van der Waals surface area (Å²) in [6.07, 6.45) is 6.21. The van der Waals surface area contributed by atoms with E-state index < -0.39 is 0 Å². The monoisotopic (exact) mass is 278 g/mol. The Labute approximate surface area is 118 Å². The highest BCUT2D eigenvalue weighted by Gasteiger charge is 2.28. The molecule has 2 rings (SSSR count). The van der Waals surface area contributed by atoms with Crippen LogP contribution in [0.4, 0.5) is 4.39 Å². The minimum atomic E-state index is -0.385. The van der Waals surface area contributed by atoms with Gasteiger partial charge in [-0.2, -0.15) is 0 Å². The number of aldehydes is 1. The smallest absolute Gasteiger partial charge is 0.297 e. The molecule has 1 aliphatic rings. The number of hydrogen-bond acceptors (Lipinski definition) is 3. The zero-order valence-electron chi connectivity index (χ0n) is 12.0. The van der Waals surface area contributed by atoms with Crippen LogP contribution in [-0.2, 0) is 0 Å². The average Bonchev–Trinajstić information content (AvgIpc) is 3.01. The summed E-state index contributed by atoms with van der Waals surface area (Å²) in [5, 5.41) is 0. The van der Waals surface area contributed by atoms with Gasteiger partial charge in [0.25, 0.3) is 6.01 Å². The molecule has 1 atom stereocenters. The second kappa shape index (κ2) is 7.43. The maximum Gasteiger partial charge on any atom is 0.297 e. The summed E-state index contributed by atoms with van der Waals surface area (Å²) in [5.74, 6) is -0.385. The van der Waals surface area contributed by atoms with Gasteiger partial charge in [-0.1, -0.05) is 26.5 Å². The Morgan fingerprint density at radius 2 is 2.30 bits per heavy atom. The van der Waals surface area contributed by atoms with Crippen LogP contribution < -0.4 is 4.74 Å². The number of allylic oxidation sites excluding steroid dienone is 4. The van der Waals surface area contributed by atoms with Gasteiger partial charge in [-0.15, -0.1) is 0 Å². The van der Waals surface area contributed by atoms with Gasteiger partial charge in [-0.3, -0.25) is 9.36 Å². The number of imidazole rings is 1. The van der Waals surface area contributed by atoms with Crippen molar-refractivity contribution in [3.8, 4) is 6.01 Å². The number of carbonyl (C=O) groups is 1. The largest absolute Gasteiger partial charge is 0.462 e. The zero-order valence-corrected chi connectivity index (χ0v) is 12.0. The molecule has 0 amide bonds. The molecule has 0 radical (unpaired) electrons. The lowest BCUT2D eigenvalue weighted by atomic mass is 10.1. The Bertz CT molecular complexity index is 544. The van der Waals surface area contributed by atoms with Crippen LogP contribution in [0.15, 0.2) is 42.4 Å². The predicted molar refractivity (Wildman–Crippen MR) is 76.6 cm³/mol. The van der Waals surface area contributed by atoms with Gasteiger partial charge >= 0.3 is 0 Å². The maximum absolute atomic E-state index is 13.4. The molecule has 0 saturated carbocycles. The number of rotatable bonds is 4. The molecule has 1 aromatic heterocycles. The second-order valence-corrected chi connectivity index (χ2v) is 3.96. The van der Waals surface area contributed by atoms with Crippen molar-refractivity contribution < 1.29 is 13.9 Å². The van der Waals surface area contributed by atoms with Gasteiger partial charge in [-0.25, -0.2) is 9.37 Å². The topological polar surface area (TPSA) is 44.1 Å². The van der Waals surface area contributed by atoms with Crippen molar-refractivity contribution in [3.05, 3.63) is 48.1 Å². The molecule has 2 heterocycles. The summed E-state index contributed by atoms with van der Waals surface area (Å²) >= 11 is 0. The highest BCUT2D eigenvalue weighted by Crippen LogP contribution is 2.31. The lowest BCUT2D eigenvalue weighted by molar-refractivity contribution is 0.111. The van der Waals surface area contributed by atoms with Crippen molar-refractivity contribution in [2.75, 3.05) is 6.61 Å². The number of carbonyl (C=O) groups excluding carboxylic acids is 1. The average molecular weight is 278 g/mol. The number of halogens is 1. The summed E-state index contributed by atoms with van der Waals surface area (Å²) in [6, 6.07) is 0.189. The molecule has 1 aliphatic heterocycles. The van der Waals surface area contributed by atoms with E-state index in [4.69, 9.17) is 4.74 Å². The highest BCUT2D eigenvalue weighted by atomic mass is 19.1. The summed E-state index contributed by atoms with van der Waals surface area (Å²) in [7, 11) is 0. The van der Waals surface area contributed by atoms with Crippen molar-refractivity contribution in [1.82, 2.24) is 9.55 Å². The van der Waals surface area contributed by atoms with Crippen LogP contribution in [0.5, 0.6) is 6.01 Å². The van der Waals surface area contributed by atoms with Crippen molar-refractivity contribution in [3.63, 3.8) is 0 Å². The molecule has 4 nitrogen and oxygen atoms in total. The van der Waals surface area contributed by atoms with E-state index in [0.717, 1.165) is 5.57 Å². The second-order valence-electron chi connectivity index (χ2n) is 3.96. The maximum atomic E-state index is 13.4. The van der Waals surface area contributed by atoms with Gasteiger partial charge < -0.3 is 4.74 Å². The number of ether oxygens (including phenoxy) is 1. The molecule has 0 aromatic carbocycles.